The number of benzene rings is 1. The van der Waals surface area contributed by atoms with Crippen LogP contribution in [0.25, 0.3) is 0 Å². The number of hydrogen-bond donors (Lipinski definition) is 16. The molecule has 11 atom stereocenters. The summed E-state index contributed by atoms with van der Waals surface area (Å²) >= 11 is 0. The first-order valence-corrected chi connectivity index (χ1v) is 27.8. The molecular weight excluding hydrogens is 1140 g/mol. The number of primary amides is 1. The van der Waals surface area contributed by atoms with Crippen molar-refractivity contribution in [2.24, 2.45) is 17.6 Å². The molecule has 32 nitrogen and oxygen atoms in total. The van der Waals surface area contributed by atoms with Crippen molar-refractivity contribution in [1.82, 2.24) is 58.1 Å². The number of aliphatic hydroxyl groups is 2. The van der Waals surface area contributed by atoms with Gasteiger partial charge in [0.05, 0.1) is 31.3 Å². The number of carbonyl (C=O) groups excluding carboxylic acids is 13. The van der Waals surface area contributed by atoms with E-state index in [2.05, 4.69) is 53.2 Å². The minimum atomic E-state index is -1.75. The molecule has 12 amide bonds. The van der Waals surface area contributed by atoms with Crippen molar-refractivity contribution < 1.29 is 97.5 Å². The van der Waals surface area contributed by atoms with Crippen LogP contribution in [0.2, 0.25) is 0 Å². The fourth-order valence-corrected chi connectivity index (χ4v) is 8.74. The highest BCUT2D eigenvalue weighted by molar-refractivity contribution is 6.38. The van der Waals surface area contributed by atoms with Gasteiger partial charge in [-0.3, -0.25) is 71.9 Å². The summed E-state index contributed by atoms with van der Waals surface area (Å²) in [5, 5.41) is 72.0. The minimum absolute atomic E-state index is 0.0248. The summed E-state index contributed by atoms with van der Waals surface area (Å²) < 4.78 is 0. The van der Waals surface area contributed by atoms with Gasteiger partial charge in [-0.05, 0) is 75.5 Å². The van der Waals surface area contributed by atoms with Crippen LogP contribution in [0.1, 0.15) is 112 Å². The van der Waals surface area contributed by atoms with Crippen LogP contribution < -0.4 is 58.9 Å². The Labute approximate surface area is 495 Å². The maximum atomic E-state index is 14.3. The predicted octanol–water partition coefficient (Wildman–Crippen LogP) is -5.29. The lowest BCUT2D eigenvalue weighted by molar-refractivity contribution is -0.144. The number of carboxylic acids is 2. The van der Waals surface area contributed by atoms with Crippen molar-refractivity contribution >= 4 is 88.6 Å². The van der Waals surface area contributed by atoms with Gasteiger partial charge >= 0.3 is 11.9 Å². The highest BCUT2D eigenvalue weighted by Gasteiger charge is 2.42. The summed E-state index contributed by atoms with van der Waals surface area (Å²) in [5.41, 5.74) is 5.71. The molecule has 0 bridgehead atoms. The molecule has 1 aliphatic rings. The number of nitrogens with two attached hydrogens (primary N) is 1. The van der Waals surface area contributed by atoms with Crippen LogP contribution in [0, 0.1) is 11.8 Å². The van der Waals surface area contributed by atoms with Crippen LogP contribution in [-0.2, 0) is 78.3 Å². The van der Waals surface area contributed by atoms with E-state index < -0.39 is 199 Å². The number of nitrogens with zero attached hydrogens (tertiary/aromatic N) is 1. The van der Waals surface area contributed by atoms with E-state index in [1.807, 2.05) is 0 Å². The molecule has 0 saturated carbocycles. The van der Waals surface area contributed by atoms with Crippen LogP contribution in [0.4, 0.5) is 0 Å². The Kier molecular flexibility index (Phi) is 30.2. The summed E-state index contributed by atoms with van der Waals surface area (Å²) in [6, 6.07) is -7.76. The smallest absolute Gasteiger partial charge is 0.303 e. The standard InChI is InChI=1S/C54H82N12O20/c1-9-11-32(45(77)53(85)57-23-37(71)56-24-38(72)62-44(28(7)68)52(84)61-35(22-30-13-15-31(70)16-14-30)49(81)65-43(27(6)67)46(55)78)59-50(82)36-12-10-21-66(36)54(86)42(26(4)5)64-51(83)41(25(2)3)63-48(80)34(18-20-40(75)76)60-47(79)33(58-29(8)69)17-19-39(73)74/h13-16,25-28,32-36,41-44,67-68,70H,9-12,17-24H2,1-8H3,(H2,55,78)(H,56,71)(H,57,85)(H,58,69)(H,59,82)(H,60,79)(H,61,84)(H,62,72)(H,63,80)(H,64,83)(H,65,81)(H,73,74)(H,75,76). The summed E-state index contributed by atoms with van der Waals surface area (Å²) in [7, 11) is 0. The van der Waals surface area contributed by atoms with E-state index in [9.17, 15) is 92.3 Å². The fourth-order valence-electron chi connectivity index (χ4n) is 8.74. The molecule has 2 rings (SSSR count). The van der Waals surface area contributed by atoms with Gasteiger partial charge < -0.3 is 89.3 Å². The van der Waals surface area contributed by atoms with Gasteiger partial charge in [-0.2, -0.15) is 0 Å². The first-order valence-electron chi connectivity index (χ1n) is 27.8. The van der Waals surface area contributed by atoms with E-state index in [1.165, 1.54) is 36.1 Å². The number of aromatic hydroxyl groups is 1. The average Bonchev–Trinajstić information content (AvgIpc) is 4.09. The number of phenolic OH excluding ortho intramolecular Hbond substituents is 1. The lowest BCUT2D eigenvalue weighted by Gasteiger charge is -2.33. The van der Waals surface area contributed by atoms with Crippen LogP contribution in [-0.4, -0.2) is 205 Å². The number of phenols is 1. The Morgan fingerprint density at radius 3 is 1.57 bits per heavy atom. The Bertz CT molecular complexity index is 2630. The number of ketones is 1. The second kappa shape index (κ2) is 35.5. The van der Waals surface area contributed by atoms with Crippen molar-refractivity contribution in [2.75, 3.05) is 19.6 Å². The Hall–Kier alpha value is -8.81. The number of rotatable bonds is 36. The molecule has 11 unspecified atom stereocenters. The molecular formula is C54H82N12O20. The summed E-state index contributed by atoms with van der Waals surface area (Å²) in [6.45, 7) is 9.64. The summed E-state index contributed by atoms with van der Waals surface area (Å²) in [6.07, 6.45) is -4.75. The quantitative estimate of drug-likeness (QED) is 0.0279. The third-order valence-electron chi connectivity index (χ3n) is 13.4. The Morgan fingerprint density at radius 2 is 1.06 bits per heavy atom. The zero-order chi connectivity index (χ0) is 65.3. The molecule has 32 heteroatoms. The fraction of sp³-hybridized carbons (Fsp3) is 0.611. The maximum absolute atomic E-state index is 14.3. The van der Waals surface area contributed by atoms with Gasteiger partial charge in [-0.15, -0.1) is 0 Å². The van der Waals surface area contributed by atoms with E-state index >= 15 is 0 Å². The molecule has 1 aromatic carbocycles. The zero-order valence-electron chi connectivity index (χ0n) is 49.2. The molecule has 1 aromatic rings. The number of aliphatic carboxylic acids is 2. The van der Waals surface area contributed by atoms with Crippen molar-refractivity contribution in [3.05, 3.63) is 29.8 Å². The van der Waals surface area contributed by atoms with Gasteiger partial charge in [0, 0.05) is 32.7 Å². The number of carboxylic acid groups (broad SMARTS) is 2. The van der Waals surface area contributed by atoms with Gasteiger partial charge in [0.15, 0.2) is 0 Å². The minimum Gasteiger partial charge on any atom is -0.508 e. The second-order valence-electron chi connectivity index (χ2n) is 21.3. The normalized spacial score (nSPS) is 16.3. The van der Waals surface area contributed by atoms with Crippen molar-refractivity contribution in [3.63, 3.8) is 0 Å². The van der Waals surface area contributed by atoms with Gasteiger partial charge in [0.1, 0.15) is 54.1 Å². The summed E-state index contributed by atoms with van der Waals surface area (Å²) in [5.74, 6) is -16.9. The third kappa shape index (κ3) is 24.4. The molecule has 0 spiro atoms. The van der Waals surface area contributed by atoms with Crippen molar-refractivity contribution in [2.45, 2.75) is 180 Å². The summed E-state index contributed by atoms with van der Waals surface area (Å²) in [4.78, 5) is 196. The van der Waals surface area contributed by atoms with Crippen LogP contribution in [0.5, 0.6) is 5.75 Å². The molecule has 478 valence electrons. The highest BCUT2D eigenvalue weighted by Crippen LogP contribution is 2.22. The molecule has 86 heavy (non-hydrogen) atoms. The first kappa shape index (κ1) is 73.3. The molecule has 1 aliphatic heterocycles. The molecule has 1 heterocycles. The number of carbonyl (C=O) groups is 15. The predicted molar refractivity (Wildman–Crippen MR) is 300 cm³/mol. The van der Waals surface area contributed by atoms with Crippen LogP contribution >= 0.6 is 0 Å². The lowest BCUT2D eigenvalue weighted by Crippen LogP contribution is -2.61. The molecule has 0 aliphatic carbocycles. The van der Waals surface area contributed by atoms with E-state index in [-0.39, 0.29) is 44.4 Å². The zero-order valence-corrected chi connectivity index (χ0v) is 49.2. The molecule has 1 fully saturated rings. The molecule has 17 N–H and O–H groups in total. The van der Waals surface area contributed by atoms with Crippen LogP contribution in [0.3, 0.4) is 0 Å². The average molecular weight is 1220 g/mol. The van der Waals surface area contributed by atoms with E-state index in [1.54, 1.807) is 34.6 Å². The number of hydrogen-bond acceptors (Lipinski definition) is 18. The third-order valence-corrected chi connectivity index (χ3v) is 13.4. The number of nitrogens with one attached hydrogen (secondary N) is 10. The highest BCUT2D eigenvalue weighted by atomic mass is 16.4. The molecule has 1 saturated heterocycles. The van der Waals surface area contributed by atoms with E-state index in [4.69, 9.17) is 10.8 Å². The Morgan fingerprint density at radius 1 is 0.570 bits per heavy atom. The van der Waals surface area contributed by atoms with E-state index in [0.29, 0.717) is 12.0 Å². The topological polar surface area (TPSA) is 507 Å². The number of amides is 12. The Balaban J connectivity index is 2.13. The lowest BCUT2D eigenvalue weighted by atomic mass is 9.98. The van der Waals surface area contributed by atoms with Crippen LogP contribution in [0.15, 0.2) is 24.3 Å². The number of likely N-dealkylation sites (tertiary alicyclic amines) is 1. The van der Waals surface area contributed by atoms with Crippen molar-refractivity contribution in [1.29, 1.82) is 0 Å². The van der Waals surface area contributed by atoms with Crippen molar-refractivity contribution in [3.8, 4) is 5.75 Å². The van der Waals surface area contributed by atoms with Gasteiger partial charge in [-0.25, -0.2) is 0 Å². The first-order chi connectivity index (χ1) is 40.2. The van der Waals surface area contributed by atoms with E-state index in [0.717, 1.165) is 13.8 Å². The monoisotopic (exact) mass is 1220 g/mol. The molecule has 0 aromatic heterocycles. The second-order valence-corrected chi connectivity index (χ2v) is 21.3. The van der Waals surface area contributed by atoms with Gasteiger partial charge in [0.2, 0.25) is 70.8 Å². The molecule has 0 radical (unpaired) electrons. The SMILES string of the molecule is CCCC(NC(=O)C1CCCN1C(=O)C(NC(=O)C(NC(=O)C(CCC(=O)O)NC(=O)C(CCC(=O)O)NC(C)=O)C(C)C)C(C)C)C(=O)C(=O)NCC(=O)NCC(=O)NC(C(=O)NC(Cc1ccc(O)cc1)C(=O)NC(C(N)=O)C(C)O)C(C)O. The van der Waals surface area contributed by atoms with Gasteiger partial charge in [-0.1, -0.05) is 53.2 Å². The largest absolute Gasteiger partial charge is 0.508 e. The number of aliphatic hydroxyl groups excluding tert-OH is 2. The van der Waals surface area contributed by atoms with Gasteiger partial charge in [0.25, 0.3) is 5.91 Å². The number of Topliss-reactive ketones (excluding diaryl/α,β-unsaturated/α-hetero) is 1. The maximum Gasteiger partial charge on any atom is 0.303 e.